The monoisotopic (exact) mass is 500 g/mol. The van der Waals surface area contributed by atoms with Crippen molar-refractivity contribution in [3.05, 3.63) is 119 Å². The lowest BCUT2D eigenvalue weighted by atomic mass is 9.71. The quantitative estimate of drug-likeness (QED) is 0.226. The van der Waals surface area contributed by atoms with E-state index in [-0.39, 0.29) is 10.8 Å². The van der Waals surface area contributed by atoms with Gasteiger partial charge in [0.05, 0.1) is 0 Å². The largest absolute Gasteiger partial charge is 0.0653 e. The molecule has 0 amide bonds. The van der Waals surface area contributed by atoms with Crippen molar-refractivity contribution in [3.63, 3.8) is 0 Å². The van der Waals surface area contributed by atoms with E-state index in [1.807, 2.05) is 0 Å². The van der Waals surface area contributed by atoms with E-state index in [2.05, 4.69) is 125 Å². The smallest absolute Gasteiger partial charge is 0.0215 e. The molecule has 4 aromatic carbocycles. The summed E-state index contributed by atoms with van der Waals surface area (Å²) in [5.41, 5.74) is 12.6. The zero-order valence-corrected chi connectivity index (χ0v) is 23.9. The molecule has 196 valence electrons. The summed E-state index contributed by atoms with van der Waals surface area (Å²) in [5, 5.41) is 0. The van der Waals surface area contributed by atoms with Crippen LogP contribution in [0.5, 0.6) is 0 Å². The van der Waals surface area contributed by atoms with E-state index < -0.39 is 0 Å². The van der Waals surface area contributed by atoms with Crippen molar-refractivity contribution >= 4 is 0 Å². The van der Waals surface area contributed by atoms with E-state index in [0.29, 0.717) is 0 Å². The van der Waals surface area contributed by atoms with Gasteiger partial charge in [-0.2, -0.15) is 0 Å². The van der Waals surface area contributed by atoms with Crippen molar-refractivity contribution in [2.24, 2.45) is 0 Å². The fourth-order valence-corrected chi connectivity index (χ4v) is 7.87. The summed E-state index contributed by atoms with van der Waals surface area (Å²) < 4.78 is 0. The molecule has 0 heterocycles. The molecule has 0 N–H and O–H groups in total. The van der Waals surface area contributed by atoms with Crippen LogP contribution in [0.15, 0.2) is 97.1 Å². The molecule has 0 spiro atoms. The van der Waals surface area contributed by atoms with Gasteiger partial charge in [-0.3, -0.25) is 0 Å². The van der Waals surface area contributed by atoms with Crippen LogP contribution in [0.25, 0.3) is 22.3 Å². The van der Waals surface area contributed by atoms with Gasteiger partial charge in [0.1, 0.15) is 0 Å². The molecule has 2 aliphatic carbocycles. The average Bonchev–Trinajstić information content (AvgIpc) is 3.39. The molecule has 0 heteroatoms. The molecule has 0 bridgehead atoms. The minimum Gasteiger partial charge on any atom is -0.0653 e. The normalized spacial score (nSPS) is 15.1. The summed E-state index contributed by atoms with van der Waals surface area (Å²) >= 11 is 0. The number of hydrogen-bond donors (Lipinski definition) is 0. The molecule has 0 saturated heterocycles. The SMILES string of the molecule is CCCC1(CCC)c2ccccc2-c2ccccc21.CCCC1(CCC)c2ccccc2-c2ccccc21. The minimum atomic E-state index is 0.261. The van der Waals surface area contributed by atoms with E-state index in [1.165, 1.54) is 73.6 Å². The van der Waals surface area contributed by atoms with Crippen molar-refractivity contribution in [1.82, 2.24) is 0 Å². The lowest BCUT2D eigenvalue weighted by Crippen LogP contribution is -2.24. The van der Waals surface area contributed by atoms with Crippen molar-refractivity contribution in [2.45, 2.75) is 89.9 Å². The van der Waals surface area contributed by atoms with Crippen LogP contribution < -0.4 is 0 Å². The number of rotatable bonds is 8. The highest BCUT2D eigenvalue weighted by Crippen LogP contribution is 2.54. The maximum atomic E-state index is 2.35. The Balaban J connectivity index is 0.000000155. The van der Waals surface area contributed by atoms with E-state index >= 15 is 0 Å². The summed E-state index contributed by atoms with van der Waals surface area (Å²) in [6.45, 7) is 9.23. The van der Waals surface area contributed by atoms with Crippen molar-refractivity contribution in [1.29, 1.82) is 0 Å². The van der Waals surface area contributed by atoms with Gasteiger partial charge < -0.3 is 0 Å². The Morgan fingerprint density at radius 1 is 0.342 bits per heavy atom. The first-order chi connectivity index (χ1) is 18.7. The first kappa shape index (κ1) is 26.5. The predicted octanol–water partition coefficient (Wildman–Crippen LogP) is 11.1. The second-order valence-corrected chi connectivity index (χ2v) is 11.3. The van der Waals surface area contributed by atoms with Crippen LogP contribution in [0.3, 0.4) is 0 Å². The first-order valence-corrected chi connectivity index (χ1v) is 15.1. The van der Waals surface area contributed by atoms with Crippen molar-refractivity contribution in [3.8, 4) is 22.3 Å². The van der Waals surface area contributed by atoms with Gasteiger partial charge >= 0.3 is 0 Å². The molecule has 0 unspecified atom stereocenters. The highest BCUT2D eigenvalue weighted by atomic mass is 14.4. The van der Waals surface area contributed by atoms with Crippen LogP contribution in [-0.2, 0) is 10.8 Å². The number of benzene rings is 4. The molecule has 4 aromatic rings. The third-order valence-corrected chi connectivity index (χ3v) is 9.06. The zero-order chi connectivity index (χ0) is 26.6. The van der Waals surface area contributed by atoms with Crippen molar-refractivity contribution in [2.75, 3.05) is 0 Å². The maximum absolute atomic E-state index is 2.35. The average molecular weight is 501 g/mol. The Labute approximate surface area is 231 Å². The van der Waals surface area contributed by atoms with E-state index in [1.54, 1.807) is 22.3 Å². The molecule has 0 nitrogen and oxygen atoms in total. The number of fused-ring (bicyclic) bond motifs is 6. The second-order valence-electron chi connectivity index (χ2n) is 11.3. The van der Waals surface area contributed by atoms with Crippen LogP contribution in [0.2, 0.25) is 0 Å². The highest BCUT2D eigenvalue weighted by Gasteiger charge is 2.42. The van der Waals surface area contributed by atoms with Gasteiger partial charge in [-0.1, -0.05) is 150 Å². The van der Waals surface area contributed by atoms with Gasteiger partial charge in [-0.05, 0) is 70.2 Å². The predicted molar refractivity (Wildman–Crippen MR) is 165 cm³/mol. The number of hydrogen-bond acceptors (Lipinski definition) is 0. The third-order valence-electron chi connectivity index (χ3n) is 9.06. The fraction of sp³-hybridized carbons (Fsp3) is 0.368. The maximum Gasteiger partial charge on any atom is 0.0215 e. The van der Waals surface area contributed by atoms with Crippen LogP contribution in [0.4, 0.5) is 0 Å². The second kappa shape index (κ2) is 11.3. The standard InChI is InChI=1S/2C19H22/c2*1-3-13-19(14-4-2)17-11-7-5-9-15(17)16-10-6-8-12-18(16)19/h2*5-12H,3-4,13-14H2,1-2H3. The highest BCUT2D eigenvalue weighted by molar-refractivity contribution is 5.82. The third kappa shape index (κ3) is 4.23. The molecule has 0 saturated carbocycles. The first-order valence-electron chi connectivity index (χ1n) is 15.1. The summed E-state index contributed by atoms with van der Waals surface area (Å²) in [4.78, 5) is 0. The van der Waals surface area contributed by atoms with Gasteiger partial charge in [0.2, 0.25) is 0 Å². The Kier molecular flexibility index (Phi) is 7.89. The van der Waals surface area contributed by atoms with Gasteiger partial charge in [0, 0.05) is 10.8 Å². The zero-order valence-electron chi connectivity index (χ0n) is 23.9. The summed E-state index contributed by atoms with van der Waals surface area (Å²) in [6, 6.07) is 36.0. The van der Waals surface area contributed by atoms with E-state index in [4.69, 9.17) is 0 Å². The van der Waals surface area contributed by atoms with Crippen molar-refractivity contribution < 1.29 is 0 Å². The van der Waals surface area contributed by atoms with Crippen LogP contribution in [0, 0.1) is 0 Å². The molecule has 0 aliphatic heterocycles. The minimum absolute atomic E-state index is 0.261. The Hall–Kier alpha value is -3.12. The van der Waals surface area contributed by atoms with E-state index in [9.17, 15) is 0 Å². The van der Waals surface area contributed by atoms with Gasteiger partial charge in [0.15, 0.2) is 0 Å². The molecule has 0 aromatic heterocycles. The van der Waals surface area contributed by atoms with Gasteiger partial charge in [-0.25, -0.2) is 0 Å². The summed E-state index contributed by atoms with van der Waals surface area (Å²) in [7, 11) is 0. The van der Waals surface area contributed by atoms with E-state index in [0.717, 1.165) is 0 Å². The van der Waals surface area contributed by atoms with Crippen LogP contribution in [-0.4, -0.2) is 0 Å². The fourth-order valence-electron chi connectivity index (χ4n) is 7.87. The van der Waals surface area contributed by atoms with Gasteiger partial charge in [0.25, 0.3) is 0 Å². The molecule has 2 aliphatic rings. The molecular weight excluding hydrogens is 456 g/mol. The molecule has 0 atom stereocenters. The van der Waals surface area contributed by atoms with Crippen LogP contribution >= 0.6 is 0 Å². The molecule has 38 heavy (non-hydrogen) atoms. The summed E-state index contributed by atoms with van der Waals surface area (Å²) in [6.07, 6.45) is 9.99. The Morgan fingerprint density at radius 3 is 0.763 bits per heavy atom. The molecule has 6 rings (SSSR count). The Bertz CT molecular complexity index is 1160. The molecule has 0 fully saturated rings. The van der Waals surface area contributed by atoms with Gasteiger partial charge in [-0.15, -0.1) is 0 Å². The Morgan fingerprint density at radius 2 is 0.553 bits per heavy atom. The lowest BCUT2D eigenvalue weighted by molar-refractivity contribution is 0.436. The molecule has 0 radical (unpaired) electrons. The lowest BCUT2D eigenvalue weighted by Gasteiger charge is -2.31. The summed E-state index contributed by atoms with van der Waals surface area (Å²) in [5.74, 6) is 0. The topological polar surface area (TPSA) is 0 Å². The van der Waals surface area contributed by atoms with Crippen LogP contribution in [0.1, 0.15) is 101 Å². The molecular formula is C38H44.